The van der Waals surface area contributed by atoms with E-state index in [0.29, 0.717) is 17.1 Å². The zero-order valence-electron chi connectivity index (χ0n) is 11.9. The van der Waals surface area contributed by atoms with Crippen LogP contribution in [0.4, 0.5) is 17.1 Å². The van der Waals surface area contributed by atoms with Crippen LogP contribution in [0.5, 0.6) is 5.75 Å². The van der Waals surface area contributed by atoms with Crippen LogP contribution in [0.2, 0.25) is 0 Å². The molecule has 1 saturated heterocycles. The van der Waals surface area contributed by atoms with Gasteiger partial charge in [0.25, 0.3) is 0 Å². The number of anilines is 3. The lowest BCUT2D eigenvalue weighted by Gasteiger charge is -2.33. The number of methoxy groups -OCH3 is 2. The van der Waals surface area contributed by atoms with Crippen LogP contribution in [-0.2, 0) is 9.53 Å². The van der Waals surface area contributed by atoms with Crippen molar-refractivity contribution in [2.24, 2.45) is 5.92 Å². The third kappa shape index (κ3) is 2.74. The summed E-state index contributed by atoms with van der Waals surface area (Å²) in [6, 6.07) is 3.59. The number of rotatable bonds is 3. The summed E-state index contributed by atoms with van der Waals surface area (Å²) >= 11 is 0. The van der Waals surface area contributed by atoms with Gasteiger partial charge in [0.15, 0.2) is 0 Å². The molecule has 0 atom stereocenters. The van der Waals surface area contributed by atoms with Gasteiger partial charge in [0.2, 0.25) is 0 Å². The first-order valence-electron chi connectivity index (χ1n) is 6.62. The average molecular weight is 279 g/mol. The molecule has 1 fully saturated rings. The molecule has 1 aromatic carbocycles. The third-order valence-electron chi connectivity index (χ3n) is 3.77. The molecule has 0 aliphatic carbocycles. The predicted octanol–water partition coefficient (Wildman–Crippen LogP) is 1.25. The molecule has 1 heterocycles. The van der Waals surface area contributed by atoms with Crippen LogP contribution in [0.3, 0.4) is 0 Å². The molecule has 4 N–H and O–H groups in total. The van der Waals surface area contributed by atoms with Crippen LogP contribution in [0.15, 0.2) is 12.1 Å². The quantitative estimate of drug-likeness (QED) is 0.639. The van der Waals surface area contributed by atoms with Gasteiger partial charge in [-0.1, -0.05) is 0 Å². The fraction of sp³-hybridized carbons (Fsp3) is 0.500. The number of piperidine rings is 1. The first kappa shape index (κ1) is 14.3. The molecular weight excluding hydrogens is 258 g/mol. The number of ether oxygens (including phenoxy) is 2. The fourth-order valence-corrected chi connectivity index (χ4v) is 2.54. The summed E-state index contributed by atoms with van der Waals surface area (Å²) in [7, 11) is 3.02. The Bertz CT molecular complexity index is 497. The zero-order chi connectivity index (χ0) is 14.7. The number of hydrogen-bond acceptors (Lipinski definition) is 6. The Balaban J connectivity index is 2.14. The molecule has 0 aromatic heterocycles. The van der Waals surface area contributed by atoms with Crippen LogP contribution in [-0.4, -0.2) is 33.3 Å². The van der Waals surface area contributed by atoms with Crippen molar-refractivity contribution in [2.45, 2.75) is 12.8 Å². The minimum absolute atomic E-state index is 0.0274. The van der Waals surface area contributed by atoms with Crippen molar-refractivity contribution < 1.29 is 14.3 Å². The molecule has 0 amide bonds. The molecule has 1 aliphatic rings. The molecular formula is C14H21N3O3. The van der Waals surface area contributed by atoms with Crippen molar-refractivity contribution in [2.75, 3.05) is 43.7 Å². The van der Waals surface area contributed by atoms with Crippen molar-refractivity contribution in [3.63, 3.8) is 0 Å². The molecule has 0 bridgehead atoms. The SMILES string of the molecule is COC(=O)C1CCN(c2cc(OC)cc(N)c2N)CC1. The topological polar surface area (TPSA) is 90.8 Å². The predicted molar refractivity (Wildman–Crippen MR) is 78.8 cm³/mol. The van der Waals surface area contributed by atoms with Crippen LogP contribution in [0, 0.1) is 5.92 Å². The number of nitrogen functional groups attached to an aromatic ring is 2. The van der Waals surface area contributed by atoms with Gasteiger partial charge < -0.3 is 25.8 Å². The summed E-state index contributed by atoms with van der Waals surface area (Å²) in [6.45, 7) is 1.49. The highest BCUT2D eigenvalue weighted by Gasteiger charge is 2.27. The van der Waals surface area contributed by atoms with Gasteiger partial charge in [-0.3, -0.25) is 4.79 Å². The van der Waals surface area contributed by atoms with Gasteiger partial charge in [0.05, 0.1) is 37.2 Å². The monoisotopic (exact) mass is 279 g/mol. The number of benzene rings is 1. The highest BCUT2D eigenvalue weighted by atomic mass is 16.5. The highest BCUT2D eigenvalue weighted by Crippen LogP contribution is 2.35. The molecule has 110 valence electrons. The Morgan fingerprint density at radius 2 is 1.90 bits per heavy atom. The maximum absolute atomic E-state index is 11.5. The maximum Gasteiger partial charge on any atom is 0.308 e. The van der Waals surface area contributed by atoms with E-state index in [4.69, 9.17) is 20.9 Å². The lowest BCUT2D eigenvalue weighted by molar-refractivity contribution is -0.146. The lowest BCUT2D eigenvalue weighted by atomic mass is 9.96. The first-order chi connectivity index (χ1) is 9.56. The van der Waals surface area contributed by atoms with E-state index in [0.717, 1.165) is 31.6 Å². The smallest absolute Gasteiger partial charge is 0.308 e. The van der Waals surface area contributed by atoms with E-state index >= 15 is 0 Å². The maximum atomic E-state index is 11.5. The highest BCUT2D eigenvalue weighted by molar-refractivity contribution is 5.82. The average Bonchev–Trinajstić information content (AvgIpc) is 2.49. The van der Waals surface area contributed by atoms with Gasteiger partial charge in [-0.2, -0.15) is 0 Å². The number of nitrogens with zero attached hydrogens (tertiary/aromatic N) is 1. The van der Waals surface area contributed by atoms with E-state index in [9.17, 15) is 4.79 Å². The minimum Gasteiger partial charge on any atom is -0.497 e. The van der Waals surface area contributed by atoms with E-state index in [-0.39, 0.29) is 11.9 Å². The molecule has 1 aliphatic heterocycles. The summed E-state index contributed by atoms with van der Waals surface area (Å²) in [5.41, 5.74) is 13.9. The van der Waals surface area contributed by atoms with Gasteiger partial charge in [-0.25, -0.2) is 0 Å². The minimum atomic E-state index is -0.136. The summed E-state index contributed by atoms with van der Waals surface area (Å²) < 4.78 is 10.0. The van der Waals surface area contributed by atoms with Gasteiger partial charge in [-0.05, 0) is 12.8 Å². The molecule has 6 nitrogen and oxygen atoms in total. The Morgan fingerprint density at radius 1 is 1.25 bits per heavy atom. The third-order valence-corrected chi connectivity index (χ3v) is 3.77. The van der Waals surface area contributed by atoms with Crippen molar-refractivity contribution >= 4 is 23.0 Å². The number of esters is 1. The van der Waals surface area contributed by atoms with Crippen molar-refractivity contribution in [3.8, 4) is 5.75 Å². The molecule has 2 rings (SSSR count). The standard InChI is InChI=1S/C14H21N3O3/c1-19-10-7-11(15)13(16)12(8-10)17-5-3-9(4-6-17)14(18)20-2/h7-9H,3-6,15-16H2,1-2H3. The van der Waals surface area contributed by atoms with Crippen LogP contribution in [0.25, 0.3) is 0 Å². The molecule has 0 saturated carbocycles. The molecule has 6 heteroatoms. The molecule has 0 unspecified atom stereocenters. The first-order valence-corrected chi connectivity index (χ1v) is 6.62. The van der Waals surface area contributed by atoms with Crippen LogP contribution >= 0.6 is 0 Å². The van der Waals surface area contributed by atoms with Gasteiger partial charge in [0.1, 0.15) is 5.75 Å². The second-order valence-corrected chi connectivity index (χ2v) is 4.93. The Morgan fingerprint density at radius 3 is 2.45 bits per heavy atom. The number of carbonyl (C=O) groups is 1. The fourth-order valence-electron chi connectivity index (χ4n) is 2.54. The second kappa shape index (κ2) is 5.90. The van der Waals surface area contributed by atoms with E-state index < -0.39 is 0 Å². The lowest BCUT2D eigenvalue weighted by Crippen LogP contribution is -2.37. The van der Waals surface area contributed by atoms with E-state index in [1.807, 2.05) is 6.07 Å². The van der Waals surface area contributed by atoms with Crippen molar-refractivity contribution in [1.82, 2.24) is 0 Å². The van der Waals surface area contributed by atoms with E-state index in [1.165, 1.54) is 7.11 Å². The number of nitrogens with two attached hydrogens (primary N) is 2. The van der Waals surface area contributed by atoms with Crippen LogP contribution in [0.1, 0.15) is 12.8 Å². The molecule has 1 aromatic rings. The largest absolute Gasteiger partial charge is 0.497 e. The van der Waals surface area contributed by atoms with Gasteiger partial charge >= 0.3 is 5.97 Å². The summed E-state index contributed by atoms with van der Waals surface area (Å²) in [6.07, 6.45) is 1.51. The number of hydrogen-bond donors (Lipinski definition) is 2. The second-order valence-electron chi connectivity index (χ2n) is 4.93. The number of carbonyl (C=O) groups excluding carboxylic acids is 1. The van der Waals surface area contributed by atoms with E-state index in [1.54, 1.807) is 13.2 Å². The molecule has 20 heavy (non-hydrogen) atoms. The normalized spacial score (nSPS) is 16.0. The Kier molecular flexibility index (Phi) is 4.22. The zero-order valence-corrected chi connectivity index (χ0v) is 11.9. The summed E-state index contributed by atoms with van der Waals surface area (Å²) in [5.74, 6) is 0.519. The van der Waals surface area contributed by atoms with Gasteiger partial charge in [0, 0.05) is 25.2 Å². The molecule has 0 radical (unpaired) electrons. The van der Waals surface area contributed by atoms with Crippen molar-refractivity contribution in [1.29, 1.82) is 0 Å². The summed E-state index contributed by atoms with van der Waals surface area (Å²) in [4.78, 5) is 13.7. The molecule has 0 spiro atoms. The van der Waals surface area contributed by atoms with Crippen molar-refractivity contribution in [3.05, 3.63) is 12.1 Å². The Hall–Kier alpha value is -2.11. The van der Waals surface area contributed by atoms with Crippen LogP contribution < -0.4 is 21.1 Å². The summed E-state index contributed by atoms with van der Waals surface area (Å²) in [5, 5.41) is 0. The van der Waals surface area contributed by atoms with E-state index in [2.05, 4.69) is 4.90 Å². The Labute approximate surface area is 118 Å². The van der Waals surface area contributed by atoms with Gasteiger partial charge in [-0.15, -0.1) is 0 Å².